The maximum atomic E-state index is 9.45. The summed E-state index contributed by atoms with van der Waals surface area (Å²) in [5.74, 6) is 0.850. The monoisotopic (exact) mass is 284 g/mol. The summed E-state index contributed by atoms with van der Waals surface area (Å²) >= 11 is 0. The summed E-state index contributed by atoms with van der Waals surface area (Å²) < 4.78 is 0. The van der Waals surface area contributed by atoms with Crippen LogP contribution in [-0.2, 0) is 0 Å². The van der Waals surface area contributed by atoms with E-state index in [9.17, 15) is 5.11 Å². The minimum Gasteiger partial charge on any atom is -0.393 e. The molecule has 1 rings (SSSR count). The van der Waals surface area contributed by atoms with Crippen LogP contribution >= 0.6 is 0 Å². The first-order valence-corrected chi connectivity index (χ1v) is 8.43. The molecule has 1 fully saturated rings. The molecular weight excluding hydrogens is 248 g/mol. The molecule has 3 nitrogen and oxygen atoms in total. The van der Waals surface area contributed by atoms with Gasteiger partial charge in [-0.3, -0.25) is 0 Å². The zero-order valence-corrected chi connectivity index (χ0v) is 14.3. The molecule has 0 aromatic rings. The van der Waals surface area contributed by atoms with Gasteiger partial charge in [-0.1, -0.05) is 33.6 Å². The van der Waals surface area contributed by atoms with Gasteiger partial charge in [-0.25, -0.2) is 0 Å². The lowest BCUT2D eigenvalue weighted by Gasteiger charge is -2.43. The Morgan fingerprint density at radius 1 is 1.35 bits per heavy atom. The smallest absolute Gasteiger partial charge is 0.0524 e. The summed E-state index contributed by atoms with van der Waals surface area (Å²) in [5.41, 5.74) is 0.426. The molecule has 3 heteroatoms. The van der Waals surface area contributed by atoms with Crippen LogP contribution in [0.25, 0.3) is 0 Å². The second kappa shape index (κ2) is 8.35. The fourth-order valence-electron chi connectivity index (χ4n) is 3.61. The number of aliphatic hydroxyl groups is 1. The van der Waals surface area contributed by atoms with Crippen molar-refractivity contribution in [2.45, 2.75) is 71.9 Å². The molecule has 2 N–H and O–H groups in total. The van der Waals surface area contributed by atoms with Crippen LogP contribution in [0.4, 0.5) is 0 Å². The van der Waals surface area contributed by atoms with Crippen molar-refractivity contribution in [2.24, 2.45) is 11.3 Å². The lowest BCUT2D eigenvalue weighted by atomic mass is 9.69. The number of nitrogens with zero attached hydrogens (tertiary/aromatic N) is 1. The highest BCUT2D eigenvalue weighted by Crippen LogP contribution is 2.39. The summed E-state index contributed by atoms with van der Waals surface area (Å²) in [7, 11) is 2.21. The summed E-state index contributed by atoms with van der Waals surface area (Å²) in [5, 5.41) is 13.1. The van der Waals surface area contributed by atoms with Gasteiger partial charge in [0.15, 0.2) is 0 Å². The van der Waals surface area contributed by atoms with Gasteiger partial charge in [-0.05, 0) is 44.6 Å². The van der Waals surface area contributed by atoms with Crippen molar-refractivity contribution in [3.8, 4) is 0 Å². The maximum absolute atomic E-state index is 9.45. The topological polar surface area (TPSA) is 35.5 Å². The van der Waals surface area contributed by atoms with Crippen LogP contribution in [0.1, 0.15) is 59.8 Å². The Balaban J connectivity index is 2.57. The second-order valence-corrected chi connectivity index (χ2v) is 7.61. The van der Waals surface area contributed by atoms with Gasteiger partial charge in [0.25, 0.3) is 0 Å². The van der Waals surface area contributed by atoms with E-state index < -0.39 is 0 Å². The van der Waals surface area contributed by atoms with Crippen LogP contribution in [0.3, 0.4) is 0 Å². The Hall–Kier alpha value is -0.120. The van der Waals surface area contributed by atoms with Gasteiger partial charge in [0, 0.05) is 25.7 Å². The van der Waals surface area contributed by atoms with Gasteiger partial charge in [-0.2, -0.15) is 0 Å². The molecule has 0 spiro atoms. The molecule has 0 amide bonds. The van der Waals surface area contributed by atoms with Gasteiger partial charge in [-0.15, -0.1) is 0 Å². The first-order chi connectivity index (χ1) is 9.33. The SMILES string of the molecule is CC(O)CCN(C)CC1(CNC(C)C)CCCC(C)C1. The molecule has 0 aliphatic heterocycles. The van der Waals surface area contributed by atoms with Crippen LogP contribution in [0.15, 0.2) is 0 Å². The van der Waals surface area contributed by atoms with E-state index in [0.29, 0.717) is 11.5 Å². The molecular formula is C17H36N2O. The Bertz CT molecular complexity index is 268. The minimum atomic E-state index is -0.188. The van der Waals surface area contributed by atoms with Crippen LogP contribution in [-0.4, -0.2) is 48.8 Å². The third kappa shape index (κ3) is 6.55. The van der Waals surface area contributed by atoms with Crippen molar-refractivity contribution in [3.05, 3.63) is 0 Å². The first kappa shape index (κ1) is 17.9. The molecule has 0 saturated heterocycles. The highest BCUT2D eigenvalue weighted by Gasteiger charge is 2.35. The van der Waals surface area contributed by atoms with Crippen LogP contribution in [0.5, 0.6) is 0 Å². The molecule has 1 saturated carbocycles. The van der Waals surface area contributed by atoms with E-state index in [2.05, 4.69) is 38.0 Å². The zero-order valence-electron chi connectivity index (χ0n) is 14.3. The molecule has 0 bridgehead atoms. The van der Waals surface area contributed by atoms with Crippen molar-refractivity contribution in [1.82, 2.24) is 10.2 Å². The average molecular weight is 284 g/mol. The molecule has 120 valence electrons. The van der Waals surface area contributed by atoms with E-state index >= 15 is 0 Å². The number of aliphatic hydroxyl groups excluding tert-OH is 1. The van der Waals surface area contributed by atoms with Crippen molar-refractivity contribution in [1.29, 1.82) is 0 Å². The van der Waals surface area contributed by atoms with Gasteiger partial charge >= 0.3 is 0 Å². The summed E-state index contributed by atoms with van der Waals surface area (Å²) in [6, 6.07) is 0.562. The number of rotatable bonds is 8. The summed E-state index contributed by atoms with van der Waals surface area (Å²) in [4.78, 5) is 2.42. The van der Waals surface area contributed by atoms with Gasteiger partial charge in [0.1, 0.15) is 0 Å². The molecule has 3 unspecified atom stereocenters. The molecule has 0 heterocycles. The highest BCUT2D eigenvalue weighted by atomic mass is 16.3. The van der Waals surface area contributed by atoms with E-state index in [4.69, 9.17) is 0 Å². The number of hydrogen-bond donors (Lipinski definition) is 2. The van der Waals surface area contributed by atoms with Crippen molar-refractivity contribution >= 4 is 0 Å². The van der Waals surface area contributed by atoms with Crippen molar-refractivity contribution < 1.29 is 5.11 Å². The van der Waals surface area contributed by atoms with E-state index in [1.54, 1.807) is 0 Å². The van der Waals surface area contributed by atoms with Gasteiger partial charge in [0.05, 0.1) is 6.10 Å². The van der Waals surface area contributed by atoms with Gasteiger partial charge < -0.3 is 15.3 Å². The fraction of sp³-hybridized carbons (Fsp3) is 1.00. The standard InChI is InChI=1S/C17H36N2O/c1-14(2)18-12-17(9-6-7-15(3)11-17)13-19(5)10-8-16(4)20/h14-16,18,20H,6-13H2,1-5H3. The molecule has 0 radical (unpaired) electrons. The first-order valence-electron chi connectivity index (χ1n) is 8.43. The number of hydrogen-bond acceptors (Lipinski definition) is 3. The van der Waals surface area contributed by atoms with Crippen LogP contribution < -0.4 is 5.32 Å². The van der Waals surface area contributed by atoms with E-state index in [1.165, 1.54) is 25.7 Å². The van der Waals surface area contributed by atoms with E-state index in [-0.39, 0.29) is 6.10 Å². The highest BCUT2D eigenvalue weighted by molar-refractivity contribution is 4.90. The maximum Gasteiger partial charge on any atom is 0.0524 e. The number of nitrogens with one attached hydrogen (secondary N) is 1. The second-order valence-electron chi connectivity index (χ2n) is 7.61. The van der Waals surface area contributed by atoms with Crippen LogP contribution in [0, 0.1) is 11.3 Å². The van der Waals surface area contributed by atoms with Crippen LogP contribution in [0.2, 0.25) is 0 Å². The predicted octanol–water partition coefficient (Wildman–Crippen LogP) is 2.88. The molecule has 1 aliphatic carbocycles. The van der Waals surface area contributed by atoms with Crippen molar-refractivity contribution in [2.75, 3.05) is 26.7 Å². The minimum absolute atomic E-state index is 0.188. The predicted molar refractivity (Wildman–Crippen MR) is 87.0 cm³/mol. The van der Waals surface area contributed by atoms with E-state index in [0.717, 1.165) is 32.0 Å². The van der Waals surface area contributed by atoms with Gasteiger partial charge in [0.2, 0.25) is 0 Å². The fourth-order valence-corrected chi connectivity index (χ4v) is 3.61. The molecule has 20 heavy (non-hydrogen) atoms. The third-order valence-electron chi connectivity index (χ3n) is 4.60. The normalized spacial score (nSPS) is 29.1. The molecule has 1 aliphatic rings. The Morgan fingerprint density at radius 2 is 2.05 bits per heavy atom. The Labute approximate surface area is 126 Å². The Kier molecular flexibility index (Phi) is 7.49. The third-order valence-corrected chi connectivity index (χ3v) is 4.60. The lowest BCUT2D eigenvalue weighted by molar-refractivity contribution is 0.0808. The molecule has 0 aromatic carbocycles. The molecule has 3 atom stereocenters. The lowest BCUT2D eigenvalue weighted by Crippen LogP contribution is -2.47. The summed E-state index contributed by atoms with van der Waals surface area (Å²) in [6.45, 7) is 12.0. The zero-order chi connectivity index (χ0) is 15.2. The molecule has 0 aromatic heterocycles. The Morgan fingerprint density at radius 3 is 2.60 bits per heavy atom. The summed E-state index contributed by atoms with van der Waals surface area (Å²) in [6.07, 6.45) is 6.13. The van der Waals surface area contributed by atoms with E-state index in [1.807, 2.05) is 6.92 Å². The quantitative estimate of drug-likeness (QED) is 0.719. The largest absolute Gasteiger partial charge is 0.393 e. The average Bonchev–Trinajstić information content (AvgIpc) is 2.34. The van der Waals surface area contributed by atoms with Crippen molar-refractivity contribution in [3.63, 3.8) is 0 Å².